The number of ether oxygens (including phenoxy) is 3. The van der Waals surface area contributed by atoms with Gasteiger partial charge in [-0.25, -0.2) is 0 Å². The molecule has 0 bridgehead atoms. The number of benzene rings is 2. The molecule has 1 heterocycles. The molecule has 2 aromatic rings. The number of ketones is 1. The van der Waals surface area contributed by atoms with Crippen LogP contribution in [0.4, 0.5) is 0 Å². The second-order valence-electron chi connectivity index (χ2n) is 5.10. The first-order valence-electron chi connectivity index (χ1n) is 7.46. The lowest BCUT2D eigenvalue weighted by atomic mass is 10.1. The second kappa shape index (κ2) is 7.42. The molecule has 0 fully saturated rings. The standard InChI is InChI=1S/C18H18O4S/c1-20-14-5-3-13(4-6-14)16(19)12-23-15-7-8-17-18(11-15)22-10-2-9-21-17/h3-8,11H,2,9-10,12H2,1H3. The zero-order chi connectivity index (χ0) is 16.1. The Morgan fingerprint density at radius 3 is 2.57 bits per heavy atom. The third-order valence-electron chi connectivity index (χ3n) is 3.50. The summed E-state index contributed by atoms with van der Waals surface area (Å²) in [6.07, 6.45) is 0.882. The summed E-state index contributed by atoms with van der Waals surface area (Å²) >= 11 is 1.50. The van der Waals surface area contributed by atoms with Crippen molar-refractivity contribution in [3.8, 4) is 17.2 Å². The van der Waals surface area contributed by atoms with Gasteiger partial charge in [-0.2, -0.15) is 0 Å². The quantitative estimate of drug-likeness (QED) is 0.616. The van der Waals surface area contributed by atoms with Gasteiger partial charge >= 0.3 is 0 Å². The van der Waals surface area contributed by atoms with Crippen LogP contribution in [0.3, 0.4) is 0 Å². The van der Waals surface area contributed by atoms with Gasteiger partial charge in [-0.05, 0) is 42.5 Å². The summed E-state index contributed by atoms with van der Waals surface area (Å²) in [5.41, 5.74) is 0.688. The summed E-state index contributed by atoms with van der Waals surface area (Å²) in [5.74, 6) is 2.74. The van der Waals surface area contributed by atoms with E-state index in [1.54, 1.807) is 31.4 Å². The molecular formula is C18H18O4S. The van der Waals surface area contributed by atoms with E-state index in [4.69, 9.17) is 14.2 Å². The van der Waals surface area contributed by atoms with Gasteiger partial charge in [-0.15, -0.1) is 11.8 Å². The molecule has 2 aromatic carbocycles. The van der Waals surface area contributed by atoms with Crippen LogP contribution >= 0.6 is 11.8 Å². The molecule has 0 aromatic heterocycles. The fourth-order valence-corrected chi connectivity index (χ4v) is 3.06. The summed E-state index contributed by atoms with van der Waals surface area (Å²) in [6, 6.07) is 13.0. The van der Waals surface area contributed by atoms with E-state index in [0.29, 0.717) is 24.5 Å². The SMILES string of the molecule is COc1ccc(C(=O)CSc2ccc3c(c2)OCCCO3)cc1. The van der Waals surface area contributed by atoms with Gasteiger partial charge in [0.15, 0.2) is 17.3 Å². The molecule has 3 rings (SSSR count). The number of hydrogen-bond acceptors (Lipinski definition) is 5. The number of Topliss-reactive ketones (excluding diaryl/α,β-unsaturated/α-hetero) is 1. The molecular weight excluding hydrogens is 312 g/mol. The van der Waals surface area contributed by atoms with Crippen LogP contribution in [0.25, 0.3) is 0 Å². The molecule has 0 aliphatic carbocycles. The van der Waals surface area contributed by atoms with Crippen molar-refractivity contribution in [2.24, 2.45) is 0 Å². The fourth-order valence-electron chi connectivity index (χ4n) is 2.24. The summed E-state index contributed by atoms with van der Waals surface area (Å²) in [5, 5.41) is 0. The Hall–Kier alpha value is -2.14. The molecule has 120 valence electrons. The Morgan fingerprint density at radius 2 is 1.83 bits per heavy atom. The maximum Gasteiger partial charge on any atom is 0.173 e. The number of fused-ring (bicyclic) bond motifs is 1. The summed E-state index contributed by atoms with van der Waals surface area (Å²) in [4.78, 5) is 13.2. The van der Waals surface area contributed by atoms with Crippen molar-refractivity contribution in [1.82, 2.24) is 0 Å². The summed E-state index contributed by atoms with van der Waals surface area (Å²) in [6.45, 7) is 1.33. The largest absolute Gasteiger partial charge is 0.497 e. The van der Waals surface area contributed by atoms with Crippen LogP contribution in [0.2, 0.25) is 0 Å². The molecule has 1 aliphatic heterocycles. The highest BCUT2D eigenvalue weighted by Gasteiger charge is 2.12. The molecule has 0 unspecified atom stereocenters. The smallest absolute Gasteiger partial charge is 0.173 e. The van der Waals surface area contributed by atoms with E-state index in [-0.39, 0.29) is 5.78 Å². The van der Waals surface area contributed by atoms with Gasteiger partial charge in [0.05, 0.1) is 26.1 Å². The molecule has 5 heteroatoms. The fraction of sp³-hybridized carbons (Fsp3) is 0.278. The first kappa shape index (κ1) is 15.7. The number of rotatable bonds is 5. The van der Waals surface area contributed by atoms with Crippen molar-refractivity contribution >= 4 is 17.5 Å². The van der Waals surface area contributed by atoms with Gasteiger partial charge in [0.1, 0.15) is 5.75 Å². The van der Waals surface area contributed by atoms with Crippen molar-refractivity contribution in [2.45, 2.75) is 11.3 Å². The lowest BCUT2D eigenvalue weighted by Gasteiger charge is -2.09. The molecule has 0 amide bonds. The van der Waals surface area contributed by atoms with Gasteiger partial charge in [0.25, 0.3) is 0 Å². The zero-order valence-electron chi connectivity index (χ0n) is 12.9. The minimum absolute atomic E-state index is 0.0877. The maximum absolute atomic E-state index is 12.2. The van der Waals surface area contributed by atoms with Gasteiger partial charge in [-0.1, -0.05) is 0 Å². The molecule has 0 saturated heterocycles. The van der Waals surface area contributed by atoms with E-state index in [2.05, 4.69) is 0 Å². The minimum atomic E-state index is 0.0877. The third kappa shape index (κ3) is 3.99. The predicted octanol–water partition coefficient (Wildman–Crippen LogP) is 3.83. The highest BCUT2D eigenvalue weighted by atomic mass is 32.2. The molecule has 0 saturated carbocycles. The Labute approximate surface area is 139 Å². The summed E-state index contributed by atoms with van der Waals surface area (Å²) < 4.78 is 16.4. The van der Waals surface area contributed by atoms with Crippen LogP contribution in [-0.2, 0) is 0 Å². The van der Waals surface area contributed by atoms with Crippen molar-refractivity contribution in [2.75, 3.05) is 26.1 Å². The number of carbonyl (C=O) groups excluding carboxylic acids is 1. The first-order valence-corrected chi connectivity index (χ1v) is 8.44. The van der Waals surface area contributed by atoms with Crippen molar-refractivity contribution in [1.29, 1.82) is 0 Å². The maximum atomic E-state index is 12.2. The highest BCUT2D eigenvalue weighted by Crippen LogP contribution is 2.34. The number of methoxy groups -OCH3 is 1. The van der Waals surface area contributed by atoms with E-state index in [1.807, 2.05) is 18.2 Å². The first-order chi connectivity index (χ1) is 11.3. The lowest BCUT2D eigenvalue weighted by molar-refractivity contribution is 0.102. The van der Waals surface area contributed by atoms with E-state index in [9.17, 15) is 4.79 Å². The molecule has 0 radical (unpaired) electrons. The van der Waals surface area contributed by atoms with Crippen LogP contribution < -0.4 is 14.2 Å². The second-order valence-corrected chi connectivity index (χ2v) is 6.15. The van der Waals surface area contributed by atoms with Crippen molar-refractivity contribution in [3.05, 3.63) is 48.0 Å². The average molecular weight is 330 g/mol. The van der Waals surface area contributed by atoms with E-state index in [0.717, 1.165) is 28.6 Å². The topological polar surface area (TPSA) is 44.8 Å². The Morgan fingerprint density at radius 1 is 1.09 bits per heavy atom. The normalized spacial score (nSPS) is 13.3. The summed E-state index contributed by atoms with van der Waals surface area (Å²) in [7, 11) is 1.61. The van der Waals surface area contributed by atoms with Crippen LogP contribution in [0.15, 0.2) is 47.4 Å². The van der Waals surface area contributed by atoms with Gasteiger partial charge in [-0.3, -0.25) is 4.79 Å². The minimum Gasteiger partial charge on any atom is -0.497 e. The van der Waals surface area contributed by atoms with Gasteiger partial charge in [0.2, 0.25) is 0 Å². The van der Waals surface area contributed by atoms with Gasteiger partial charge < -0.3 is 14.2 Å². The Kier molecular flexibility index (Phi) is 5.08. The van der Waals surface area contributed by atoms with Crippen LogP contribution in [-0.4, -0.2) is 31.9 Å². The van der Waals surface area contributed by atoms with Crippen LogP contribution in [0.5, 0.6) is 17.2 Å². The van der Waals surface area contributed by atoms with Crippen molar-refractivity contribution in [3.63, 3.8) is 0 Å². The van der Waals surface area contributed by atoms with Crippen molar-refractivity contribution < 1.29 is 19.0 Å². The lowest BCUT2D eigenvalue weighted by Crippen LogP contribution is -2.02. The predicted molar refractivity (Wildman–Crippen MR) is 90.1 cm³/mol. The molecule has 4 nitrogen and oxygen atoms in total. The molecule has 0 atom stereocenters. The molecule has 0 N–H and O–H groups in total. The molecule has 0 spiro atoms. The molecule has 1 aliphatic rings. The molecule has 23 heavy (non-hydrogen) atoms. The average Bonchev–Trinajstić information content (AvgIpc) is 2.84. The highest BCUT2D eigenvalue weighted by molar-refractivity contribution is 8.00. The third-order valence-corrected chi connectivity index (χ3v) is 4.49. The van der Waals surface area contributed by atoms with E-state index in [1.165, 1.54) is 11.8 Å². The Balaban J connectivity index is 1.63. The van der Waals surface area contributed by atoms with Gasteiger partial charge in [0, 0.05) is 16.9 Å². The zero-order valence-corrected chi connectivity index (χ0v) is 13.7. The monoisotopic (exact) mass is 330 g/mol. The van der Waals surface area contributed by atoms with Crippen LogP contribution in [0.1, 0.15) is 16.8 Å². The number of thioether (sulfide) groups is 1. The Bertz CT molecular complexity index is 682. The van der Waals surface area contributed by atoms with E-state index >= 15 is 0 Å². The van der Waals surface area contributed by atoms with Crippen LogP contribution in [0, 0.1) is 0 Å². The number of hydrogen-bond donors (Lipinski definition) is 0. The van der Waals surface area contributed by atoms with E-state index < -0.39 is 0 Å². The number of carbonyl (C=O) groups is 1.